The number of benzene rings is 1. The summed E-state index contributed by atoms with van der Waals surface area (Å²) in [6.07, 6.45) is 3.31. The van der Waals surface area contributed by atoms with Crippen LogP contribution in [0.4, 0.5) is 4.79 Å². The van der Waals surface area contributed by atoms with Crippen LogP contribution in [0.2, 0.25) is 0 Å². The highest BCUT2D eigenvalue weighted by Gasteiger charge is 1.95. The van der Waals surface area contributed by atoms with Gasteiger partial charge in [-0.25, -0.2) is 4.79 Å². The molecule has 0 unspecified atom stereocenters. The molecule has 0 aliphatic heterocycles. The molecular formula is C14H19NO3. The summed E-state index contributed by atoms with van der Waals surface area (Å²) >= 11 is 0. The SMILES string of the molecule is CCOC(=O)NC/C=C/COCc1ccccc1. The minimum absolute atomic E-state index is 0.385. The first kappa shape index (κ1) is 14.3. The number of ether oxygens (including phenoxy) is 2. The van der Waals surface area contributed by atoms with Crippen molar-refractivity contribution in [1.29, 1.82) is 0 Å². The van der Waals surface area contributed by atoms with Crippen LogP contribution >= 0.6 is 0 Å². The Labute approximate surface area is 108 Å². The van der Waals surface area contributed by atoms with E-state index in [4.69, 9.17) is 9.47 Å². The van der Waals surface area contributed by atoms with Crippen molar-refractivity contribution in [3.05, 3.63) is 48.0 Å². The van der Waals surface area contributed by atoms with Crippen molar-refractivity contribution in [2.75, 3.05) is 19.8 Å². The maximum Gasteiger partial charge on any atom is 0.407 e. The number of alkyl carbamates (subject to hydrolysis) is 1. The summed E-state index contributed by atoms with van der Waals surface area (Å²) in [6, 6.07) is 9.98. The molecular weight excluding hydrogens is 230 g/mol. The summed E-state index contributed by atoms with van der Waals surface area (Å²) in [7, 11) is 0. The first-order valence-electron chi connectivity index (χ1n) is 6.00. The highest BCUT2D eigenvalue weighted by Crippen LogP contribution is 1.99. The van der Waals surface area contributed by atoms with E-state index < -0.39 is 6.09 Å². The number of carbonyl (C=O) groups excluding carboxylic acids is 1. The number of amides is 1. The van der Waals surface area contributed by atoms with Crippen LogP contribution in [0.5, 0.6) is 0 Å². The van der Waals surface area contributed by atoms with Gasteiger partial charge in [-0.1, -0.05) is 42.5 Å². The lowest BCUT2D eigenvalue weighted by molar-refractivity contribution is 0.148. The molecule has 0 bridgehead atoms. The third kappa shape index (κ3) is 6.70. The average Bonchev–Trinajstić information content (AvgIpc) is 2.39. The standard InChI is InChI=1S/C14H19NO3/c1-2-18-14(16)15-10-6-7-11-17-12-13-8-4-3-5-9-13/h3-9H,2,10-12H2,1H3,(H,15,16)/b7-6+. The Hall–Kier alpha value is -1.81. The minimum Gasteiger partial charge on any atom is -0.450 e. The van der Waals surface area contributed by atoms with E-state index in [1.54, 1.807) is 6.92 Å². The Kier molecular flexibility index (Phi) is 7.32. The predicted molar refractivity (Wildman–Crippen MR) is 70.3 cm³/mol. The van der Waals surface area contributed by atoms with Crippen LogP contribution in [-0.2, 0) is 16.1 Å². The summed E-state index contributed by atoms with van der Waals surface area (Å²) in [4.78, 5) is 10.9. The molecule has 1 aromatic carbocycles. The van der Waals surface area contributed by atoms with Crippen LogP contribution in [0.3, 0.4) is 0 Å². The first-order valence-corrected chi connectivity index (χ1v) is 6.00. The van der Waals surface area contributed by atoms with E-state index >= 15 is 0 Å². The second-order valence-electron chi connectivity index (χ2n) is 3.57. The van der Waals surface area contributed by atoms with Gasteiger partial charge in [-0.15, -0.1) is 0 Å². The lowest BCUT2D eigenvalue weighted by Gasteiger charge is -2.02. The van der Waals surface area contributed by atoms with Gasteiger partial charge in [0.25, 0.3) is 0 Å². The van der Waals surface area contributed by atoms with Crippen molar-refractivity contribution in [3.8, 4) is 0 Å². The first-order chi connectivity index (χ1) is 8.83. The van der Waals surface area contributed by atoms with Gasteiger partial charge < -0.3 is 14.8 Å². The van der Waals surface area contributed by atoms with Crippen molar-refractivity contribution in [3.63, 3.8) is 0 Å². The zero-order valence-corrected chi connectivity index (χ0v) is 10.6. The molecule has 0 saturated carbocycles. The van der Waals surface area contributed by atoms with E-state index in [1.807, 2.05) is 42.5 Å². The van der Waals surface area contributed by atoms with Crippen LogP contribution in [0.1, 0.15) is 12.5 Å². The van der Waals surface area contributed by atoms with E-state index in [2.05, 4.69) is 5.32 Å². The van der Waals surface area contributed by atoms with Crippen LogP contribution < -0.4 is 5.32 Å². The van der Waals surface area contributed by atoms with Gasteiger partial charge in [0.1, 0.15) is 0 Å². The Morgan fingerprint density at radius 3 is 2.78 bits per heavy atom. The molecule has 0 atom stereocenters. The number of nitrogens with one attached hydrogen (secondary N) is 1. The summed E-state index contributed by atoms with van der Waals surface area (Å²) < 4.78 is 10.2. The molecule has 0 fully saturated rings. The van der Waals surface area contributed by atoms with Crippen LogP contribution in [0.25, 0.3) is 0 Å². The Morgan fingerprint density at radius 1 is 1.28 bits per heavy atom. The molecule has 0 radical (unpaired) electrons. The zero-order valence-electron chi connectivity index (χ0n) is 10.6. The Bertz CT molecular complexity index is 363. The van der Waals surface area contributed by atoms with Crippen molar-refractivity contribution in [2.45, 2.75) is 13.5 Å². The quantitative estimate of drug-likeness (QED) is 0.596. The Morgan fingerprint density at radius 2 is 2.06 bits per heavy atom. The normalized spacial score (nSPS) is 10.5. The van der Waals surface area contributed by atoms with Crippen molar-refractivity contribution < 1.29 is 14.3 Å². The van der Waals surface area contributed by atoms with Gasteiger partial charge in [0, 0.05) is 6.54 Å². The van der Waals surface area contributed by atoms with Gasteiger partial charge >= 0.3 is 6.09 Å². The summed E-state index contributed by atoms with van der Waals surface area (Å²) in [5.41, 5.74) is 1.15. The molecule has 4 heteroatoms. The fraction of sp³-hybridized carbons (Fsp3) is 0.357. The predicted octanol–water partition coefficient (Wildman–Crippen LogP) is 2.51. The van der Waals surface area contributed by atoms with Crippen LogP contribution in [0, 0.1) is 0 Å². The molecule has 4 nitrogen and oxygen atoms in total. The lowest BCUT2D eigenvalue weighted by Crippen LogP contribution is -2.24. The number of rotatable bonds is 7. The van der Waals surface area contributed by atoms with Gasteiger partial charge in [0.05, 0.1) is 19.8 Å². The van der Waals surface area contributed by atoms with E-state index in [0.717, 1.165) is 5.56 Å². The molecule has 0 spiro atoms. The third-order valence-electron chi connectivity index (χ3n) is 2.13. The van der Waals surface area contributed by atoms with Gasteiger partial charge in [0.2, 0.25) is 0 Å². The molecule has 0 heterocycles. The third-order valence-corrected chi connectivity index (χ3v) is 2.13. The number of hydrogen-bond acceptors (Lipinski definition) is 3. The molecule has 1 aromatic rings. The number of hydrogen-bond donors (Lipinski definition) is 1. The molecule has 0 aromatic heterocycles. The minimum atomic E-state index is -0.396. The van der Waals surface area contributed by atoms with Crippen molar-refractivity contribution in [1.82, 2.24) is 5.32 Å². The molecule has 0 saturated heterocycles. The molecule has 98 valence electrons. The molecule has 0 aliphatic rings. The molecule has 1 amide bonds. The Balaban J connectivity index is 2.02. The van der Waals surface area contributed by atoms with Gasteiger partial charge in [-0.3, -0.25) is 0 Å². The monoisotopic (exact) mass is 249 g/mol. The van der Waals surface area contributed by atoms with E-state index in [0.29, 0.717) is 26.4 Å². The van der Waals surface area contributed by atoms with E-state index in [1.165, 1.54) is 0 Å². The fourth-order valence-corrected chi connectivity index (χ4v) is 1.29. The average molecular weight is 249 g/mol. The van der Waals surface area contributed by atoms with Gasteiger partial charge in [-0.05, 0) is 12.5 Å². The van der Waals surface area contributed by atoms with Gasteiger partial charge in [-0.2, -0.15) is 0 Å². The summed E-state index contributed by atoms with van der Waals surface area (Å²) in [5.74, 6) is 0. The highest BCUT2D eigenvalue weighted by atomic mass is 16.5. The summed E-state index contributed by atoms with van der Waals surface area (Å²) in [5, 5.41) is 2.59. The molecule has 1 rings (SSSR count). The van der Waals surface area contributed by atoms with E-state index in [9.17, 15) is 4.79 Å². The second-order valence-corrected chi connectivity index (χ2v) is 3.57. The summed E-state index contributed by atoms with van der Waals surface area (Å²) in [6.45, 7) is 3.73. The van der Waals surface area contributed by atoms with Gasteiger partial charge in [0.15, 0.2) is 0 Å². The second kappa shape index (κ2) is 9.24. The maximum atomic E-state index is 10.9. The molecule has 1 N–H and O–H groups in total. The number of carbonyl (C=O) groups is 1. The fourth-order valence-electron chi connectivity index (χ4n) is 1.29. The molecule has 18 heavy (non-hydrogen) atoms. The van der Waals surface area contributed by atoms with Crippen LogP contribution in [-0.4, -0.2) is 25.9 Å². The smallest absolute Gasteiger partial charge is 0.407 e. The van der Waals surface area contributed by atoms with E-state index in [-0.39, 0.29) is 0 Å². The lowest BCUT2D eigenvalue weighted by atomic mass is 10.2. The maximum absolute atomic E-state index is 10.9. The topological polar surface area (TPSA) is 47.6 Å². The largest absolute Gasteiger partial charge is 0.450 e. The molecule has 0 aliphatic carbocycles. The van der Waals surface area contributed by atoms with Crippen molar-refractivity contribution in [2.24, 2.45) is 0 Å². The highest BCUT2D eigenvalue weighted by molar-refractivity contribution is 5.67. The van der Waals surface area contributed by atoms with Crippen LogP contribution in [0.15, 0.2) is 42.5 Å². The zero-order chi connectivity index (χ0) is 13.1. The van der Waals surface area contributed by atoms with Crippen molar-refractivity contribution >= 4 is 6.09 Å².